The Bertz CT molecular complexity index is 448. The number of anilines is 1. The molecule has 2 heterocycles. The zero-order valence-electron chi connectivity index (χ0n) is 10.9. The van der Waals surface area contributed by atoms with Gasteiger partial charge in [0.2, 0.25) is 0 Å². The van der Waals surface area contributed by atoms with Crippen LogP contribution in [0.25, 0.3) is 0 Å². The Labute approximate surface area is 117 Å². The molecule has 1 aliphatic heterocycles. The summed E-state index contributed by atoms with van der Waals surface area (Å²) in [6, 6.07) is 1.96. The molecule has 2 N–H and O–H groups in total. The van der Waals surface area contributed by atoms with Crippen LogP contribution >= 0.6 is 11.6 Å². The molecule has 1 atom stereocenters. The molecule has 1 saturated heterocycles. The Kier molecular flexibility index (Phi) is 4.99. The molecule has 5 nitrogen and oxygen atoms in total. The summed E-state index contributed by atoms with van der Waals surface area (Å²) in [4.78, 5) is 15.8. The van der Waals surface area contributed by atoms with Gasteiger partial charge in [-0.2, -0.15) is 0 Å². The number of esters is 1. The van der Waals surface area contributed by atoms with E-state index in [-0.39, 0.29) is 5.97 Å². The lowest BCUT2D eigenvalue weighted by Gasteiger charge is -2.25. The topological polar surface area (TPSA) is 63.2 Å². The summed E-state index contributed by atoms with van der Waals surface area (Å²) in [6.45, 7) is 4.04. The van der Waals surface area contributed by atoms with Crippen molar-refractivity contribution in [1.82, 2.24) is 10.3 Å². The first-order chi connectivity index (χ1) is 9.20. The van der Waals surface area contributed by atoms with Crippen molar-refractivity contribution in [3.63, 3.8) is 0 Å². The number of carbonyl (C=O) groups excluding carboxylic acids is 1. The second kappa shape index (κ2) is 6.73. The zero-order chi connectivity index (χ0) is 13.7. The number of carbonyl (C=O) groups is 1. The summed E-state index contributed by atoms with van der Waals surface area (Å²) in [7, 11) is 0. The molecule has 104 valence electrons. The first-order valence-electron chi connectivity index (χ1n) is 6.50. The van der Waals surface area contributed by atoms with Gasteiger partial charge in [-0.25, -0.2) is 9.78 Å². The molecule has 0 aromatic carbocycles. The van der Waals surface area contributed by atoms with Gasteiger partial charge in [-0.05, 0) is 32.4 Å². The Morgan fingerprint density at radius 1 is 1.68 bits per heavy atom. The first kappa shape index (κ1) is 14.1. The van der Waals surface area contributed by atoms with Gasteiger partial charge in [0, 0.05) is 18.8 Å². The fourth-order valence-corrected chi connectivity index (χ4v) is 2.27. The number of nitrogens with one attached hydrogen (secondary N) is 2. The fourth-order valence-electron chi connectivity index (χ4n) is 2.12. The maximum absolute atomic E-state index is 11.9. The van der Waals surface area contributed by atoms with Crippen LogP contribution in [0.4, 0.5) is 5.69 Å². The number of hydrogen-bond donors (Lipinski definition) is 2. The van der Waals surface area contributed by atoms with Gasteiger partial charge in [-0.15, -0.1) is 0 Å². The molecule has 1 fully saturated rings. The lowest BCUT2D eigenvalue weighted by molar-refractivity contribution is 0.0527. The minimum Gasteiger partial charge on any atom is -0.462 e. The van der Waals surface area contributed by atoms with Crippen molar-refractivity contribution >= 4 is 23.3 Å². The highest BCUT2D eigenvalue weighted by Crippen LogP contribution is 2.21. The summed E-state index contributed by atoms with van der Waals surface area (Å²) in [5.74, 6) is -0.377. The molecule has 0 aliphatic carbocycles. The number of hydrogen-bond acceptors (Lipinski definition) is 5. The van der Waals surface area contributed by atoms with Crippen molar-refractivity contribution in [2.24, 2.45) is 0 Å². The molecule has 0 bridgehead atoms. The molecule has 19 heavy (non-hydrogen) atoms. The number of pyridine rings is 1. The second-order valence-electron chi connectivity index (χ2n) is 4.46. The standard InChI is InChI=1S/C13H18ClN3O2/c1-2-19-13(18)10-8-16-12(14)6-11(10)17-9-4-3-5-15-7-9/h6,8-9,15H,2-5,7H2,1H3,(H,16,17)/t9-/m1/s1. The van der Waals surface area contributed by atoms with Gasteiger partial charge < -0.3 is 15.4 Å². The van der Waals surface area contributed by atoms with Crippen molar-refractivity contribution in [3.8, 4) is 0 Å². The Balaban J connectivity index is 2.16. The largest absolute Gasteiger partial charge is 0.462 e. The average Bonchev–Trinajstić information content (AvgIpc) is 2.40. The van der Waals surface area contributed by atoms with Crippen molar-refractivity contribution in [2.75, 3.05) is 25.0 Å². The van der Waals surface area contributed by atoms with E-state index >= 15 is 0 Å². The van der Waals surface area contributed by atoms with Crippen LogP contribution in [0.1, 0.15) is 30.1 Å². The molecular formula is C13H18ClN3O2. The van der Waals surface area contributed by atoms with E-state index in [0.29, 0.717) is 29.1 Å². The zero-order valence-corrected chi connectivity index (χ0v) is 11.7. The highest BCUT2D eigenvalue weighted by molar-refractivity contribution is 6.29. The van der Waals surface area contributed by atoms with Crippen LogP contribution in [0.3, 0.4) is 0 Å². The molecule has 0 saturated carbocycles. The van der Waals surface area contributed by atoms with Gasteiger partial charge in [0.05, 0.1) is 12.3 Å². The van der Waals surface area contributed by atoms with E-state index in [1.54, 1.807) is 13.0 Å². The summed E-state index contributed by atoms with van der Waals surface area (Å²) >= 11 is 5.90. The van der Waals surface area contributed by atoms with Gasteiger partial charge in [0.15, 0.2) is 0 Å². The van der Waals surface area contributed by atoms with E-state index in [1.807, 2.05) is 0 Å². The molecule has 1 aromatic rings. The fraction of sp³-hybridized carbons (Fsp3) is 0.538. The lowest BCUT2D eigenvalue weighted by atomic mass is 10.1. The maximum atomic E-state index is 11.9. The van der Waals surface area contributed by atoms with Crippen molar-refractivity contribution in [2.45, 2.75) is 25.8 Å². The van der Waals surface area contributed by atoms with Crippen LogP contribution in [0, 0.1) is 0 Å². The molecular weight excluding hydrogens is 266 g/mol. The molecule has 2 rings (SSSR count). The normalized spacial score (nSPS) is 18.9. The SMILES string of the molecule is CCOC(=O)c1cnc(Cl)cc1N[C@@H]1CCCNC1. The molecule has 1 aromatic heterocycles. The van der Waals surface area contributed by atoms with E-state index in [2.05, 4.69) is 15.6 Å². The van der Waals surface area contributed by atoms with E-state index in [4.69, 9.17) is 16.3 Å². The minimum atomic E-state index is -0.377. The van der Waals surface area contributed by atoms with Crippen LogP contribution in [0.15, 0.2) is 12.3 Å². The summed E-state index contributed by atoms with van der Waals surface area (Å²) in [6.07, 6.45) is 3.64. The highest BCUT2D eigenvalue weighted by atomic mass is 35.5. The monoisotopic (exact) mass is 283 g/mol. The molecule has 6 heteroatoms. The highest BCUT2D eigenvalue weighted by Gasteiger charge is 2.18. The summed E-state index contributed by atoms with van der Waals surface area (Å²) in [5.41, 5.74) is 1.11. The number of ether oxygens (including phenoxy) is 1. The van der Waals surface area contributed by atoms with Gasteiger partial charge in [0.1, 0.15) is 10.7 Å². The second-order valence-corrected chi connectivity index (χ2v) is 4.85. The van der Waals surface area contributed by atoms with Gasteiger partial charge >= 0.3 is 5.97 Å². The van der Waals surface area contributed by atoms with Crippen molar-refractivity contribution in [1.29, 1.82) is 0 Å². The van der Waals surface area contributed by atoms with Gasteiger partial charge in [-0.1, -0.05) is 11.6 Å². The third-order valence-corrected chi connectivity index (χ3v) is 3.23. The van der Waals surface area contributed by atoms with Crippen molar-refractivity contribution < 1.29 is 9.53 Å². The average molecular weight is 284 g/mol. The number of nitrogens with zero attached hydrogens (tertiary/aromatic N) is 1. The maximum Gasteiger partial charge on any atom is 0.341 e. The number of aromatic nitrogens is 1. The van der Waals surface area contributed by atoms with E-state index < -0.39 is 0 Å². The number of piperidine rings is 1. The summed E-state index contributed by atoms with van der Waals surface area (Å²) in [5, 5.41) is 7.02. The third-order valence-electron chi connectivity index (χ3n) is 3.02. The quantitative estimate of drug-likeness (QED) is 0.654. The smallest absolute Gasteiger partial charge is 0.341 e. The third kappa shape index (κ3) is 3.81. The predicted octanol–water partition coefficient (Wildman–Crippen LogP) is 2.08. The van der Waals surface area contributed by atoms with E-state index in [0.717, 1.165) is 25.9 Å². The lowest BCUT2D eigenvalue weighted by Crippen LogP contribution is -2.38. The first-order valence-corrected chi connectivity index (χ1v) is 6.88. The Morgan fingerprint density at radius 3 is 3.21 bits per heavy atom. The van der Waals surface area contributed by atoms with Crippen LogP contribution in [-0.2, 0) is 4.74 Å². The Hall–Kier alpha value is -1.33. The molecule has 1 aliphatic rings. The van der Waals surface area contributed by atoms with Crippen LogP contribution in [-0.4, -0.2) is 36.7 Å². The number of halogens is 1. The van der Waals surface area contributed by atoms with E-state index in [9.17, 15) is 4.79 Å². The summed E-state index contributed by atoms with van der Waals surface area (Å²) < 4.78 is 5.02. The minimum absolute atomic E-state index is 0.292. The van der Waals surface area contributed by atoms with Gasteiger partial charge in [-0.3, -0.25) is 0 Å². The predicted molar refractivity (Wildman–Crippen MR) is 74.7 cm³/mol. The van der Waals surface area contributed by atoms with Crippen molar-refractivity contribution in [3.05, 3.63) is 23.0 Å². The molecule has 0 amide bonds. The van der Waals surface area contributed by atoms with Crippen LogP contribution in [0.5, 0.6) is 0 Å². The molecule has 0 spiro atoms. The van der Waals surface area contributed by atoms with E-state index in [1.165, 1.54) is 6.20 Å². The van der Waals surface area contributed by atoms with Gasteiger partial charge in [0.25, 0.3) is 0 Å². The molecule has 0 unspecified atom stereocenters. The molecule has 0 radical (unpaired) electrons. The van der Waals surface area contributed by atoms with Crippen LogP contribution in [0.2, 0.25) is 5.15 Å². The Morgan fingerprint density at radius 2 is 2.53 bits per heavy atom. The number of rotatable bonds is 4. The van der Waals surface area contributed by atoms with Crippen LogP contribution < -0.4 is 10.6 Å².